The molecule has 1 amide bonds. The van der Waals surface area contributed by atoms with E-state index in [2.05, 4.69) is 26.1 Å². The average molecular weight is 391 g/mol. The summed E-state index contributed by atoms with van der Waals surface area (Å²) in [6.45, 7) is 1.50. The molecule has 0 spiro atoms. The fourth-order valence-corrected chi connectivity index (χ4v) is 4.25. The molecule has 0 saturated carbocycles. The highest BCUT2D eigenvalue weighted by molar-refractivity contribution is 9.11. The molecule has 118 valence electrons. The molecule has 3 aromatic heterocycles. The predicted molar refractivity (Wildman–Crippen MR) is 92.9 cm³/mol. The zero-order chi connectivity index (χ0) is 15.8. The summed E-state index contributed by atoms with van der Waals surface area (Å²) in [5.41, 5.74) is 1.61. The van der Waals surface area contributed by atoms with Gasteiger partial charge in [0.15, 0.2) is 5.65 Å². The maximum Gasteiger partial charge on any atom is 0.254 e. The highest BCUT2D eigenvalue weighted by Gasteiger charge is 2.28. The Bertz CT molecular complexity index is 859. The SMILES string of the molecule is O=C(c1csc(Br)c1)N1CCCC(c2nnc3ccccn23)C1. The van der Waals surface area contributed by atoms with Crippen molar-refractivity contribution in [1.82, 2.24) is 19.5 Å². The Kier molecular flexibility index (Phi) is 3.90. The molecule has 5 nitrogen and oxygen atoms in total. The number of aromatic nitrogens is 3. The molecule has 1 saturated heterocycles. The average Bonchev–Trinajstić information content (AvgIpc) is 3.20. The number of rotatable bonds is 2. The Morgan fingerprint density at radius 1 is 1.35 bits per heavy atom. The number of hydrogen-bond donors (Lipinski definition) is 0. The van der Waals surface area contributed by atoms with Crippen LogP contribution in [0.1, 0.15) is 34.9 Å². The first kappa shape index (κ1) is 14.8. The van der Waals surface area contributed by atoms with Crippen LogP contribution in [-0.2, 0) is 0 Å². The molecule has 0 radical (unpaired) electrons. The molecule has 7 heteroatoms. The number of nitrogens with zero attached hydrogens (tertiary/aromatic N) is 4. The Hall–Kier alpha value is -1.73. The van der Waals surface area contributed by atoms with E-state index >= 15 is 0 Å². The van der Waals surface area contributed by atoms with Crippen molar-refractivity contribution < 1.29 is 4.79 Å². The van der Waals surface area contributed by atoms with E-state index in [1.807, 2.05) is 45.1 Å². The van der Waals surface area contributed by atoms with Crippen LogP contribution in [0.4, 0.5) is 0 Å². The van der Waals surface area contributed by atoms with Gasteiger partial charge < -0.3 is 4.90 Å². The molecule has 1 atom stereocenters. The first-order valence-corrected chi connectivity index (χ1v) is 9.22. The number of likely N-dealkylation sites (tertiary alicyclic amines) is 1. The second kappa shape index (κ2) is 6.05. The van der Waals surface area contributed by atoms with Crippen molar-refractivity contribution in [1.29, 1.82) is 0 Å². The normalized spacial score (nSPS) is 18.5. The molecule has 0 aromatic carbocycles. The lowest BCUT2D eigenvalue weighted by atomic mass is 9.96. The summed E-state index contributed by atoms with van der Waals surface area (Å²) in [7, 11) is 0. The number of hydrogen-bond acceptors (Lipinski definition) is 4. The van der Waals surface area contributed by atoms with Crippen molar-refractivity contribution in [2.45, 2.75) is 18.8 Å². The molecule has 0 bridgehead atoms. The van der Waals surface area contributed by atoms with Crippen LogP contribution in [0.5, 0.6) is 0 Å². The summed E-state index contributed by atoms with van der Waals surface area (Å²) in [5.74, 6) is 1.28. The number of halogens is 1. The summed E-state index contributed by atoms with van der Waals surface area (Å²) >= 11 is 4.96. The van der Waals surface area contributed by atoms with Crippen molar-refractivity contribution in [3.8, 4) is 0 Å². The number of fused-ring (bicyclic) bond motifs is 1. The molecule has 4 heterocycles. The van der Waals surface area contributed by atoms with E-state index in [0.29, 0.717) is 6.54 Å². The molecule has 23 heavy (non-hydrogen) atoms. The smallest absolute Gasteiger partial charge is 0.254 e. The van der Waals surface area contributed by atoms with Gasteiger partial charge in [-0.25, -0.2) is 0 Å². The van der Waals surface area contributed by atoms with Crippen molar-refractivity contribution in [2.75, 3.05) is 13.1 Å². The van der Waals surface area contributed by atoms with E-state index < -0.39 is 0 Å². The van der Waals surface area contributed by atoms with Gasteiger partial charge in [0, 0.05) is 30.6 Å². The Morgan fingerprint density at radius 3 is 3.09 bits per heavy atom. The number of amides is 1. The van der Waals surface area contributed by atoms with Crippen LogP contribution in [0.2, 0.25) is 0 Å². The summed E-state index contributed by atoms with van der Waals surface area (Å²) in [6, 6.07) is 7.78. The van der Waals surface area contributed by atoms with Gasteiger partial charge in [0.05, 0.1) is 9.35 Å². The lowest BCUT2D eigenvalue weighted by molar-refractivity contribution is 0.0704. The summed E-state index contributed by atoms with van der Waals surface area (Å²) < 4.78 is 3.01. The molecular weight excluding hydrogens is 376 g/mol. The monoisotopic (exact) mass is 390 g/mol. The van der Waals surface area contributed by atoms with Crippen molar-refractivity contribution >= 4 is 38.8 Å². The minimum absolute atomic E-state index is 0.102. The van der Waals surface area contributed by atoms with Gasteiger partial charge in [-0.15, -0.1) is 21.5 Å². The second-order valence-electron chi connectivity index (χ2n) is 5.72. The number of pyridine rings is 1. The quantitative estimate of drug-likeness (QED) is 0.671. The van der Waals surface area contributed by atoms with Crippen LogP contribution in [-0.4, -0.2) is 38.5 Å². The maximum atomic E-state index is 12.7. The predicted octanol–water partition coefficient (Wildman–Crippen LogP) is 3.57. The largest absolute Gasteiger partial charge is 0.338 e. The molecular formula is C16H15BrN4OS. The van der Waals surface area contributed by atoms with Crippen LogP contribution in [0.3, 0.4) is 0 Å². The van der Waals surface area contributed by atoms with Gasteiger partial charge in [-0.05, 0) is 47.0 Å². The molecule has 1 unspecified atom stereocenters. The van der Waals surface area contributed by atoms with Gasteiger partial charge in [0.2, 0.25) is 0 Å². The Labute approximate surface area is 146 Å². The van der Waals surface area contributed by atoms with Crippen LogP contribution >= 0.6 is 27.3 Å². The topological polar surface area (TPSA) is 50.5 Å². The van der Waals surface area contributed by atoms with E-state index in [1.165, 1.54) is 11.3 Å². The number of piperidine rings is 1. The Balaban J connectivity index is 1.58. The molecule has 4 rings (SSSR count). The fourth-order valence-electron chi connectivity index (χ4n) is 3.12. The first-order chi connectivity index (χ1) is 11.2. The lowest BCUT2D eigenvalue weighted by Crippen LogP contribution is -2.39. The van der Waals surface area contributed by atoms with Crippen LogP contribution in [0.25, 0.3) is 5.65 Å². The molecule has 3 aromatic rings. The summed E-state index contributed by atoms with van der Waals surface area (Å²) in [5, 5.41) is 10.5. The van der Waals surface area contributed by atoms with E-state index in [1.54, 1.807) is 0 Å². The number of carbonyl (C=O) groups excluding carboxylic acids is 1. The van der Waals surface area contributed by atoms with E-state index in [0.717, 1.165) is 40.2 Å². The highest BCUT2D eigenvalue weighted by atomic mass is 79.9. The van der Waals surface area contributed by atoms with Gasteiger partial charge in [-0.2, -0.15) is 0 Å². The molecule has 0 N–H and O–H groups in total. The van der Waals surface area contributed by atoms with E-state index in [4.69, 9.17) is 0 Å². The highest BCUT2D eigenvalue weighted by Crippen LogP contribution is 2.28. The third-order valence-electron chi connectivity index (χ3n) is 4.23. The summed E-state index contributed by atoms with van der Waals surface area (Å²) in [4.78, 5) is 14.6. The lowest BCUT2D eigenvalue weighted by Gasteiger charge is -2.31. The van der Waals surface area contributed by atoms with Crippen molar-refractivity contribution in [3.63, 3.8) is 0 Å². The second-order valence-corrected chi connectivity index (χ2v) is 8.01. The zero-order valence-electron chi connectivity index (χ0n) is 12.4. The minimum atomic E-state index is 0.102. The first-order valence-electron chi connectivity index (χ1n) is 7.55. The fraction of sp³-hybridized carbons (Fsp3) is 0.312. The molecule has 1 aliphatic heterocycles. The van der Waals surface area contributed by atoms with Crippen LogP contribution in [0, 0.1) is 0 Å². The number of thiophene rings is 1. The van der Waals surface area contributed by atoms with E-state index in [9.17, 15) is 4.79 Å². The molecule has 1 fully saturated rings. The van der Waals surface area contributed by atoms with Crippen LogP contribution < -0.4 is 0 Å². The summed E-state index contributed by atoms with van der Waals surface area (Å²) in [6.07, 6.45) is 4.01. The third kappa shape index (κ3) is 2.79. The Morgan fingerprint density at radius 2 is 2.26 bits per heavy atom. The van der Waals surface area contributed by atoms with Crippen LogP contribution in [0.15, 0.2) is 39.6 Å². The maximum absolute atomic E-state index is 12.7. The van der Waals surface area contributed by atoms with Gasteiger partial charge in [-0.1, -0.05) is 6.07 Å². The van der Waals surface area contributed by atoms with Gasteiger partial charge >= 0.3 is 0 Å². The standard InChI is InChI=1S/C16H15BrN4OS/c17-13-8-12(10-23-13)16(22)20-6-3-4-11(9-20)15-19-18-14-5-1-2-7-21(14)15/h1-2,5,7-8,10-11H,3-4,6,9H2. The minimum Gasteiger partial charge on any atom is -0.338 e. The van der Waals surface area contributed by atoms with Gasteiger partial charge in [0.25, 0.3) is 5.91 Å². The van der Waals surface area contributed by atoms with Gasteiger partial charge in [0.1, 0.15) is 5.82 Å². The van der Waals surface area contributed by atoms with Gasteiger partial charge in [-0.3, -0.25) is 9.20 Å². The zero-order valence-corrected chi connectivity index (χ0v) is 14.8. The molecule has 0 aliphatic carbocycles. The number of carbonyl (C=O) groups is 1. The van der Waals surface area contributed by atoms with E-state index in [-0.39, 0.29) is 11.8 Å². The third-order valence-corrected chi connectivity index (χ3v) is 5.73. The van der Waals surface area contributed by atoms with Crippen molar-refractivity contribution in [3.05, 3.63) is 51.0 Å². The molecule has 1 aliphatic rings. The van der Waals surface area contributed by atoms with Crippen molar-refractivity contribution in [2.24, 2.45) is 0 Å².